The van der Waals surface area contributed by atoms with Gasteiger partial charge in [0.2, 0.25) is 0 Å². The van der Waals surface area contributed by atoms with Crippen molar-refractivity contribution in [3.8, 4) is 11.5 Å². The van der Waals surface area contributed by atoms with Crippen LogP contribution in [0.1, 0.15) is 23.1 Å². The lowest BCUT2D eigenvalue weighted by molar-refractivity contribution is 0.0808. The van der Waals surface area contributed by atoms with E-state index < -0.39 is 0 Å². The van der Waals surface area contributed by atoms with Gasteiger partial charge in [-0.3, -0.25) is 4.90 Å². The minimum absolute atomic E-state index is 0.359. The van der Waals surface area contributed by atoms with E-state index in [0.717, 1.165) is 61.8 Å². The van der Waals surface area contributed by atoms with Gasteiger partial charge in [-0.2, -0.15) is 0 Å². The van der Waals surface area contributed by atoms with Crippen molar-refractivity contribution in [1.82, 2.24) is 10.2 Å². The van der Waals surface area contributed by atoms with Gasteiger partial charge in [-0.05, 0) is 63.0 Å². The smallest absolute Gasteiger partial charge is 0.123 e. The molecule has 1 aliphatic rings. The van der Waals surface area contributed by atoms with Crippen molar-refractivity contribution in [2.45, 2.75) is 27.2 Å². The van der Waals surface area contributed by atoms with Crippen LogP contribution in [0.3, 0.4) is 0 Å². The fourth-order valence-electron chi connectivity index (χ4n) is 2.81. The zero-order valence-corrected chi connectivity index (χ0v) is 14.7. The second-order valence-corrected chi connectivity index (χ2v) is 6.20. The summed E-state index contributed by atoms with van der Waals surface area (Å²) in [6.45, 7) is 13.1. The van der Waals surface area contributed by atoms with Crippen molar-refractivity contribution in [3.05, 3.63) is 22.8 Å². The summed E-state index contributed by atoms with van der Waals surface area (Å²) in [6, 6.07) is 1.89. The van der Waals surface area contributed by atoms with Crippen molar-refractivity contribution in [2.24, 2.45) is 0 Å². The molecule has 0 bridgehead atoms. The number of hydrogen-bond acceptors (Lipinski definition) is 5. The lowest BCUT2D eigenvalue weighted by Crippen LogP contribution is -2.31. The minimum atomic E-state index is 0.359. The van der Waals surface area contributed by atoms with Crippen LogP contribution in [0.4, 0.5) is 0 Å². The molecule has 130 valence electrons. The molecule has 1 heterocycles. The molecule has 0 aliphatic carbocycles. The Hall–Kier alpha value is -1.30. The van der Waals surface area contributed by atoms with Crippen molar-refractivity contribution >= 4 is 0 Å². The third-order valence-corrected chi connectivity index (χ3v) is 4.48. The van der Waals surface area contributed by atoms with E-state index in [1.54, 1.807) is 0 Å². The highest BCUT2D eigenvalue weighted by atomic mass is 16.5. The van der Waals surface area contributed by atoms with Crippen LogP contribution in [0, 0.1) is 20.8 Å². The van der Waals surface area contributed by atoms with E-state index in [2.05, 4.69) is 10.2 Å². The predicted octanol–water partition coefficient (Wildman–Crippen LogP) is 2.01. The number of ether oxygens (including phenoxy) is 2. The highest BCUT2D eigenvalue weighted by molar-refractivity contribution is 5.51. The maximum absolute atomic E-state index is 9.91. The van der Waals surface area contributed by atoms with Crippen molar-refractivity contribution in [2.75, 3.05) is 52.5 Å². The number of hydrogen-bond donors (Lipinski definition) is 2. The molecule has 1 fully saturated rings. The second kappa shape index (κ2) is 9.11. The maximum Gasteiger partial charge on any atom is 0.123 e. The fourth-order valence-corrected chi connectivity index (χ4v) is 2.81. The Balaban J connectivity index is 1.66. The second-order valence-electron chi connectivity index (χ2n) is 6.20. The highest BCUT2D eigenvalue weighted by Gasteiger charge is 2.10. The number of benzene rings is 1. The number of nitrogens with one attached hydrogen (secondary N) is 1. The first-order valence-electron chi connectivity index (χ1n) is 8.53. The molecule has 0 saturated carbocycles. The third kappa shape index (κ3) is 5.37. The van der Waals surface area contributed by atoms with Gasteiger partial charge in [0.05, 0.1) is 13.2 Å². The molecule has 0 radical (unpaired) electrons. The first-order chi connectivity index (χ1) is 11.1. The van der Waals surface area contributed by atoms with E-state index in [-0.39, 0.29) is 0 Å². The van der Waals surface area contributed by atoms with Crippen LogP contribution in [-0.4, -0.2) is 62.6 Å². The van der Waals surface area contributed by atoms with Crippen LogP contribution in [0.5, 0.6) is 11.5 Å². The lowest BCUT2D eigenvalue weighted by Gasteiger charge is -2.19. The van der Waals surface area contributed by atoms with Gasteiger partial charge in [0.1, 0.15) is 18.1 Å². The Labute approximate surface area is 139 Å². The van der Waals surface area contributed by atoms with Crippen LogP contribution in [0.2, 0.25) is 0 Å². The molecular formula is C18H30N2O3. The topological polar surface area (TPSA) is 54.0 Å². The molecule has 0 aromatic heterocycles. The van der Waals surface area contributed by atoms with Gasteiger partial charge < -0.3 is 19.9 Å². The molecule has 1 aromatic rings. The zero-order chi connectivity index (χ0) is 16.7. The van der Waals surface area contributed by atoms with Gasteiger partial charge >= 0.3 is 0 Å². The molecule has 23 heavy (non-hydrogen) atoms. The Kier molecular flexibility index (Phi) is 7.15. The van der Waals surface area contributed by atoms with Gasteiger partial charge in [-0.25, -0.2) is 0 Å². The monoisotopic (exact) mass is 322 g/mol. The molecule has 0 amide bonds. The van der Waals surface area contributed by atoms with Crippen LogP contribution < -0.4 is 10.1 Å². The Morgan fingerprint density at radius 2 is 1.91 bits per heavy atom. The van der Waals surface area contributed by atoms with E-state index in [1.165, 1.54) is 6.42 Å². The van der Waals surface area contributed by atoms with E-state index in [4.69, 9.17) is 9.47 Å². The average Bonchev–Trinajstić information content (AvgIpc) is 2.82. The van der Waals surface area contributed by atoms with Gasteiger partial charge in [0, 0.05) is 19.6 Å². The standard InChI is InChI=1S/C18H30N2O3/c1-14-13-17(15(2)16(3)18(14)21)23-12-11-22-10-9-20-7-4-5-19-6-8-20/h13,19,21H,4-12H2,1-3H3. The van der Waals surface area contributed by atoms with Crippen LogP contribution in [0.15, 0.2) is 6.07 Å². The summed E-state index contributed by atoms with van der Waals surface area (Å²) in [5.41, 5.74) is 2.72. The molecule has 2 rings (SSSR count). The first-order valence-corrected chi connectivity index (χ1v) is 8.53. The summed E-state index contributed by atoms with van der Waals surface area (Å²) in [5.74, 6) is 1.19. The fraction of sp³-hybridized carbons (Fsp3) is 0.667. The maximum atomic E-state index is 9.91. The Morgan fingerprint density at radius 3 is 2.74 bits per heavy atom. The summed E-state index contributed by atoms with van der Waals surface area (Å²) >= 11 is 0. The van der Waals surface area contributed by atoms with Crippen molar-refractivity contribution in [1.29, 1.82) is 0 Å². The lowest BCUT2D eigenvalue weighted by atomic mass is 10.0. The first kappa shape index (κ1) is 18.0. The minimum Gasteiger partial charge on any atom is -0.507 e. The molecule has 0 unspecified atom stereocenters. The van der Waals surface area contributed by atoms with E-state index in [0.29, 0.717) is 19.0 Å². The summed E-state index contributed by atoms with van der Waals surface area (Å²) in [5, 5.41) is 13.3. The largest absolute Gasteiger partial charge is 0.507 e. The molecular weight excluding hydrogens is 292 g/mol. The number of aromatic hydroxyl groups is 1. The van der Waals surface area contributed by atoms with Crippen LogP contribution >= 0.6 is 0 Å². The number of rotatable bonds is 7. The third-order valence-electron chi connectivity index (χ3n) is 4.48. The Morgan fingerprint density at radius 1 is 1.09 bits per heavy atom. The predicted molar refractivity (Wildman–Crippen MR) is 92.6 cm³/mol. The molecule has 1 saturated heterocycles. The molecule has 1 aliphatic heterocycles. The quantitative estimate of drug-likeness (QED) is 0.752. The van der Waals surface area contributed by atoms with E-state index >= 15 is 0 Å². The van der Waals surface area contributed by atoms with Crippen LogP contribution in [-0.2, 0) is 4.74 Å². The summed E-state index contributed by atoms with van der Waals surface area (Å²) in [4.78, 5) is 2.44. The van der Waals surface area contributed by atoms with E-state index in [1.807, 2.05) is 26.8 Å². The van der Waals surface area contributed by atoms with Crippen molar-refractivity contribution in [3.63, 3.8) is 0 Å². The van der Waals surface area contributed by atoms with Gasteiger partial charge in [-0.1, -0.05) is 0 Å². The SMILES string of the molecule is Cc1cc(OCCOCCN2CCCNCC2)c(C)c(C)c1O. The summed E-state index contributed by atoms with van der Waals surface area (Å²) in [6.07, 6.45) is 1.21. The normalized spacial score (nSPS) is 16.3. The summed E-state index contributed by atoms with van der Waals surface area (Å²) < 4.78 is 11.5. The van der Waals surface area contributed by atoms with Gasteiger partial charge in [0.15, 0.2) is 0 Å². The van der Waals surface area contributed by atoms with Crippen molar-refractivity contribution < 1.29 is 14.6 Å². The summed E-state index contributed by atoms with van der Waals surface area (Å²) in [7, 11) is 0. The molecule has 5 heteroatoms. The molecule has 2 N–H and O–H groups in total. The number of phenols is 1. The molecule has 1 aromatic carbocycles. The van der Waals surface area contributed by atoms with E-state index in [9.17, 15) is 5.11 Å². The molecule has 0 atom stereocenters. The average molecular weight is 322 g/mol. The van der Waals surface area contributed by atoms with Gasteiger partial charge in [0.25, 0.3) is 0 Å². The number of phenolic OH excluding ortho intramolecular Hbond substituents is 1. The Bertz CT molecular complexity index is 498. The van der Waals surface area contributed by atoms with Crippen LogP contribution in [0.25, 0.3) is 0 Å². The highest BCUT2D eigenvalue weighted by Crippen LogP contribution is 2.31. The molecule has 5 nitrogen and oxygen atoms in total. The molecule has 0 spiro atoms. The zero-order valence-electron chi connectivity index (χ0n) is 14.7. The van der Waals surface area contributed by atoms with Gasteiger partial charge in [-0.15, -0.1) is 0 Å². The number of nitrogens with zero attached hydrogens (tertiary/aromatic N) is 1. The number of aryl methyl sites for hydroxylation is 1.